The highest BCUT2D eigenvalue weighted by molar-refractivity contribution is 5.88. The van der Waals surface area contributed by atoms with Crippen molar-refractivity contribution in [1.29, 1.82) is 0 Å². The van der Waals surface area contributed by atoms with Crippen molar-refractivity contribution < 1.29 is 14.3 Å². The van der Waals surface area contributed by atoms with Gasteiger partial charge in [0.25, 0.3) is 0 Å². The topological polar surface area (TPSA) is 46.6 Å². The van der Waals surface area contributed by atoms with Gasteiger partial charge in [-0.05, 0) is 38.5 Å². The van der Waals surface area contributed by atoms with Gasteiger partial charge in [0.15, 0.2) is 0 Å². The molecule has 1 saturated heterocycles. The number of amides is 1. The molecule has 0 spiro atoms. The Bertz CT molecular complexity index is 347. The number of carbonyl (C=O) groups is 2. The lowest BCUT2D eigenvalue weighted by Gasteiger charge is -2.39. The van der Waals surface area contributed by atoms with E-state index in [0.29, 0.717) is 6.54 Å². The fourth-order valence-electron chi connectivity index (χ4n) is 3.63. The molecule has 0 aromatic carbocycles. The first kappa shape index (κ1) is 14.4. The van der Waals surface area contributed by atoms with Crippen LogP contribution in [0.25, 0.3) is 0 Å². The zero-order chi connectivity index (χ0) is 13.9. The van der Waals surface area contributed by atoms with Crippen molar-refractivity contribution in [1.82, 2.24) is 4.90 Å². The summed E-state index contributed by atoms with van der Waals surface area (Å²) in [5, 5.41) is 0. The molecular formula is C15H25NO3. The minimum Gasteiger partial charge on any atom is -0.467 e. The zero-order valence-electron chi connectivity index (χ0n) is 12.1. The monoisotopic (exact) mass is 267 g/mol. The van der Waals surface area contributed by atoms with Gasteiger partial charge in [-0.25, -0.2) is 4.79 Å². The molecule has 4 heteroatoms. The van der Waals surface area contributed by atoms with Gasteiger partial charge in [0, 0.05) is 12.0 Å². The van der Waals surface area contributed by atoms with Crippen LogP contribution >= 0.6 is 0 Å². The van der Waals surface area contributed by atoms with Crippen LogP contribution in [0.3, 0.4) is 0 Å². The lowest BCUT2D eigenvalue weighted by atomic mass is 9.81. The number of carbonyl (C=O) groups excluding carboxylic acids is 2. The third-order valence-corrected chi connectivity index (χ3v) is 4.93. The Kier molecular flexibility index (Phi) is 4.48. The molecule has 1 aliphatic heterocycles. The van der Waals surface area contributed by atoms with Crippen molar-refractivity contribution in [3.05, 3.63) is 0 Å². The van der Waals surface area contributed by atoms with Crippen LogP contribution in [0.2, 0.25) is 0 Å². The van der Waals surface area contributed by atoms with E-state index in [1.165, 1.54) is 7.11 Å². The second-order valence-electron chi connectivity index (χ2n) is 5.87. The summed E-state index contributed by atoms with van der Waals surface area (Å²) in [6.45, 7) is 2.81. The molecule has 2 aliphatic rings. The molecule has 1 saturated carbocycles. The normalized spacial score (nSPS) is 26.2. The van der Waals surface area contributed by atoms with E-state index in [9.17, 15) is 9.59 Å². The lowest BCUT2D eigenvalue weighted by molar-refractivity contribution is -0.159. The fourth-order valence-corrected chi connectivity index (χ4v) is 3.63. The largest absolute Gasteiger partial charge is 0.467 e. The molecular weight excluding hydrogens is 242 g/mol. The molecule has 1 aliphatic carbocycles. The molecule has 0 aromatic heterocycles. The average molecular weight is 267 g/mol. The first-order valence-electron chi connectivity index (χ1n) is 7.53. The smallest absolute Gasteiger partial charge is 0.328 e. The minimum absolute atomic E-state index is 0.197. The Labute approximate surface area is 115 Å². The van der Waals surface area contributed by atoms with Crippen LogP contribution in [0.15, 0.2) is 0 Å². The third-order valence-electron chi connectivity index (χ3n) is 4.93. The van der Waals surface area contributed by atoms with Crippen LogP contribution in [0.5, 0.6) is 0 Å². The zero-order valence-corrected chi connectivity index (χ0v) is 12.1. The Morgan fingerprint density at radius 1 is 1.21 bits per heavy atom. The molecule has 108 valence electrons. The summed E-state index contributed by atoms with van der Waals surface area (Å²) in [5.41, 5.74) is -0.205. The van der Waals surface area contributed by atoms with E-state index in [4.69, 9.17) is 4.74 Å². The molecule has 0 aromatic rings. The summed E-state index contributed by atoms with van der Waals surface area (Å²) in [5.74, 6) is -0.0556. The van der Waals surface area contributed by atoms with E-state index < -0.39 is 0 Å². The van der Waals surface area contributed by atoms with Gasteiger partial charge < -0.3 is 9.64 Å². The Morgan fingerprint density at radius 2 is 1.89 bits per heavy atom. The van der Waals surface area contributed by atoms with Crippen molar-refractivity contribution in [2.75, 3.05) is 13.7 Å². The molecule has 1 unspecified atom stereocenters. The molecule has 1 amide bonds. The highest BCUT2D eigenvalue weighted by Gasteiger charge is 2.45. The molecule has 1 heterocycles. The minimum atomic E-state index is -0.352. The van der Waals surface area contributed by atoms with Crippen LogP contribution in [-0.2, 0) is 14.3 Å². The molecule has 2 rings (SSSR count). The highest BCUT2D eigenvalue weighted by Crippen LogP contribution is 2.43. The van der Waals surface area contributed by atoms with Gasteiger partial charge in [-0.15, -0.1) is 0 Å². The Balaban J connectivity index is 2.17. The molecule has 19 heavy (non-hydrogen) atoms. The quantitative estimate of drug-likeness (QED) is 0.738. The van der Waals surface area contributed by atoms with Gasteiger partial charge in [0.1, 0.15) is 6.04 Å². The van der Waals surface area contributed by atoms with E-state index in [1.807, 2.05) is 4.90 Å². The SMILES string of the molecule is CCC1(C(=O)N2CCCCC2C(=O)OC)CCCC1. The Hall–Kier alpha value is -1.06. The number of piperidine rings is 1. The fraction of sp³-hybridized carbons (Fsp3) is 0.867. The van der Waals surface area contributed by atoms with Crippen molar-refractivity contribution in [3.8, 4) is 0 Å². The number of hydrogen-bond acceptors (Lipinski definition) is 3. The second kappa shape index (κ2) is 5.93. The highest BCUT2D eigenvalue weighted by atomic mass is 16.5. The molecule has 2 fully saturated rings. The average Bonchev–Trinajstić information content (AvgIpc) is 2.95. The summed E-state index contributed by atoms with van der Waals surface area (Å²) >= 11 is 0. The van der Waals surface area contributed by atoms with E-state index in [1.54, 1.807) is 0 Å². The third kappa shape index (κ3) is 2.63. The molecule has 1 atom stereocenters. The van der Waals surface area contributed by atoms with Crippen LogP contribution in [0.4, 0.5) is 0 Å². The van der Waals surface area contributed by atoms with Crippen LogP contribution in [0.1, 0.15) is 58.3 Å². The van der Waals surface area contributed by atoms with Gasteiger partial charge in [-0.2, -0.15) is 0 Å². The number of esters is 1. The number of ether oxygens (including phenoxy) is 1. The molecule has 4 nitrogen and oxygen atoms in total. The van der Waals surface area contributed by atoms with Gasteiger partial charge >= 0.3 is 5.97 Å². The first-order chi connectivity index (χ1) is 9.14. The van der Waals surface area contributed by atoms with Crippen molar-refractivity contribution >= 4 is 11.9 Å². The van der Waals surface area contributed by atoms with E-state index in [-0.39, 0.29) is 23.3 Å². The van der Waals surface area contributed by atoms with Crippen LogP contribution < -0.4 is 0 Å². The van der Waals surface area contributed by atoms with Crippen molar-refractivity contribution in [2.45, 2.75) is 64.3 Å². The van der Waals surface area contributed by atoms with Gasteiger partial charge in [-0.3, -0.25) is 4.79 Å². The number of methoxy groups -OCH3 is 1. The first-order valence-corrected chi connectivity index (χ1v) is 7.53. The van der Waals surface area contributed by atoms with E-state index >= 15 is 0 Å². The second-order valence-corrected chi connectivity index (χ2v) is 5.87. The maximum atomic E-state index is 12.9. The number of likely N-dealkylation sites (tertiary alicyclic amines) is 1. The lowest BCUT2D eigenvalue weighted by Crippen LogP contribution is -2.53. The van der Waals surface area contributed by atoms with Crippen LogP contribution in [-0.4, -0.2) is 36.5 Å². The summed E-state index contributed by atoms with van der Waals surface area (Å²) in [6.07, 6.45) is 7.86. The molecule has 0 radical (unpaired) electrons. The Morgan fingerprint density at radius 3 is 2.47 bits per heavy atom. The van der Waals surface area contributed by atoms with Crippen molar-refractivity contribution in [3.63, 3.8) is 0 Å². The van der Waals surface area contributed by atoms with E-state index in [0.717, 1.165) is 51.4 Å². The summed E-state index contributed by atoms with van der Waals surface area (Å²) in [7, 11) is 1.41. The predicted molar refractivity (Wildman–Crippen MR) is 72.6 cm³/mol. The standard InChI is InChI=1S/C15H25NO3/c1-3-15(9-5-6-10-15)14(18)16-11-7-4-8-12(16)13(17)19-2/h12H,3-11H2,1-2H3. The summed E-state index contributed by atoms with van der Waals surface area (Å²) < 4.78 is 4.87. The number of rotatable bonds is 3. The number of nitrogens with zero attached hydrogens (tertiary/aromatic N) is 1. The van der Waals surface area contributed by atoms with Crippen LogP contribution in [0, 0.1) is 5.41 Å². The predicted octanol–water partition coefficient (Wildman–Crippen LogP) is 2.51. The number of hydrogen-bond donors (Lipinski definition) is 0. The molecule has 0 bridgehead atoms. The summed E-state index contributed by atoms with van der Waals surface area (Å²) in [6, 6.07) is -0.352. The van der Waals surface area contributed by atoms with Gasteiger partial charge in [0.2, 0.25) is 5.91 Å². The van der Waals surface area contributed by atoms with E-state index in [2.05, 4.69) is 6.92 Å². The van der Waals surface area contributed by atoms with Gasteiger partial charge in [-0.1, -0.05) is 19.8 Å². The maximum absolute atomic E-state index is 12.9. The van der Waals surface area contributed by atoms with Gasteiger partial charge in [0.05, 0.1) is 7.11 Å². The maximum Gasteiger partial charge on any atom is 0.328 e. The van der Waals surface area contributed by atoms with Crippen molar-refractivity contribution in [2.24, 2.45) is 5.41 Å². The molecule has 0 N–H and O–H groups in total. The summed E-state index contributed by atoms with van der Waals surface area (Å²) in [4.78, 5) is 26.6.